The number of methoxy groups -OCH3 is 1. The van der Waals surface area contributed by atoms with Crippen LogP contribution in [0.4, 0.5) is 0 Å². The van der Waals surface area contributed by atoms with Crippen molar-refractivity contribution < 1.29 is 29.2 Å². The van der Waals surface area contributed by atoms with Crippen LogP contribution in [0.25, 0.3) is 0 Å². The molecule has 3 heterocycles. The smallest absolute Gasteiger partial charge is 0.161 e. The number of ether oxygens (including phenoxy) is 4. The Balaban J connectivity index is 1.21. The molecule has 0 amide bonds. The molecule has 32 heavy (non-hydrogen) atoms. The molecule has 2 aromatic rings. The standard InChI is InChI=1S/C25H31NO6/c1-29-18-4-6-22-19(14-18)20(27)15-25(32-22)7-9-26(10-8-25)16-21(28)17-3-5-23-24(13-17)31-12-2-11-30-23/h3-6,13-14,20-21,27-28H,2,7-12,15-16H2,1H3/t20-,21+/m1/s1. The van der Waals surface area contributed by atoms with Crippen LogP contribution in [0.1, 0.15) is 49.0 Å². The van der Waals surface area contributed by atoms with E-state index in [2.05, 4.69) is 4.90 Å². The second-order valence-electron chi connectivity index (χ2n) is 8.98. The summed E-state index contributed by atoms with van der Waals surface area (Å²) >= 11 is 0. The molecule has 0 bridgehead atoms. The Labute approximate surface area is 188 Å². The Morgan fingerprint density at radius 1 is 1.06 bits per heavy atom. The molecule has 0 saturated carbocycles. The monoisotopic (exact) mass is 441 g/mol. The molecule has 2 aromatic carbocycles. The zero-order chi connectivity index (χ0) is 22.1. The first kappa shape index (κ1) is 21.4. The third-order valence-corrected chi connectivity index (χ3v) is 6.82. The summed E-state index contributed by atoms with van der Waals surface area (Å²) in [6.45, 7) is 3.44. The van der Waals surface area contributed by atoms with Gasteiger partial charge in [-0.25, -0.2) is 0 Å². The molecule has 3 aliphatic heterocycles. The normalized spacial score (nSPS) is 23.0. The van der Waals surface area contributed by atoms with Gasteiger partial charge in [-0.3, -0.25) is 0 Å². The van der Waals surface area contributed by atoms with Crippen LogP contribution < -0.4 is 18.9 Å². The maximum Gasteiger partial charge on any atom is 0.161 e. The first-order valence-corrected chi connectivity index (χ1v) is 11.4. The average molecular weight is 442 g/mol. The fourth-order valence-electron chi connectivity index (χ4n) is 4.93. The van der Waals surface area contributed by atoms with Gasteiger partial charge in [0.2, 0.25) is 0 Å². The van der Waals surface area contributed by atoms with Gasteiger partial charge in [-0.2, -0.15) is 0 Å². The third kappa shape index (κ3) is 4.25. The van der Waals surface area contributed by atoms with Gasteiger partial charge in [0.05, 0.1) is 32.5 Å². The van der Waals surface area contributed by atoms with E-state index in [0.717, 1.165) is 60.7 Å². The van der Waals surface area contributed by atoms with E-state index in [1.54, 1.807) is 7.11 Å². The number of aliphatic hydroxyl groups is 2. The van der Waals surface area contributed by atoms with E-state index in [4.69, 9.17) is 18.9 Å². The van der Waals surface area contributed by atoms with Crippen LogP contribution >= 0.6 is 0 Å². The third-order valence-electron chi connectivity index (χ3n) is 6.82. The van der Waals surface area contributed by atoms with Gasteiger partial charge in [0, 0.05) is 38.0 Å². The Kier molecular flexibility index (Phi) is 5.88. The zero-order valence-corrected chi connectivity index (χ0v) is 18.5. The molecule has 2 atom stereocenters. The fourth-order valence-corrected chi connectivity index (χ4v) is 4.93. The van der Waals surface area contributed by atoms with Crippen LogP contribution in [0.2, 0.25) is 0 Å². The number of likely N-dealkylation sites (tertiary alicyclic amines) is 1. The van der Waals surface area contributed by atoms with Crippen molar-refractivity contribution in [1.29, 1.82) is 0 Å². The number of benzene rings is 2. The lowest BCUT2D eigenvalue weighted by molar-refractivity contribution is -0.0588. The molecule has 1 saturated heterocycles. The quantitative estimate of drug-likeness (QED) is 0.754. The number of β-amino-alcohol motifs (C(OH)–C–C–N with tert-alkyl or cyclic N) is 1. The molecule has 172 valence electrons. The van der Waals surface area contributed by atoms with E-state index in [1.165, 1.54) is 0 Å². The van der Waals surface area contributed by atoms with Gasteiger partial charge in [-0.05, 0) is 48.7 Å². The number of nitrogens with zero attached hydrogens (tertiary/aromatic N) is 1. The summed E-state index contributed by atoms with van der Waals surface area (Å²) in [5.41, 5.74) is 1.27. The highest BCUT2D eigenvalue weighted by Gasteiger charge is 2.43. The number of hydrogen-bond acceptors (Lipinski definition) is 7. The lowest BCUT2D eigenvalue weighted by atomic mass is 9.81. The minimum Gasteiger partial charge on any atom is -0.497 e. The van der Waals surface area contributed by atoms with Gasteiger partial charge >= 0.3 is 0 Å². The van der Waals surface area contributed by atoms with E-state index in [9.17, 15) is 10.2 Å². The minimum atomic E-state index is -0.604. The highest BCUT2D eigenvalue weighted by molar-refractivity contribution is 5.45. The van der Waals surface area contributed by atoms with E-state index < -0.39 is 12.2 Å². The van der Waals surface area contributed by atoms with Crippen molar-refractivity contribution in [3.8, 4) is 23.0 Å². The number of hydrogen-bond donors (Lipinski definition) is 2. The second kappa shape index (κ2) is 8.81. The van der Waals surface area contributed by atoms with Gasteiger partial charge in [0.25, 0.3) is 0 Å². The predicted molar refractivity (Wildman–Crippen MR) is 119 cm³/mol. The van der Waals surface area contributed by atoms with Crippen molar-refractivity contribution in [2.24, 2.45) is 0 Å². The van der Waals surface area contributed by atoms with Gasteiger partial charge < -0.3 is 34.1 Å². The molecular weight excluding hydrogens is 410 g/mol. The Morgan fingerprint density at radius 3 is 2.59 bits per heavy atom. The first-order chi connectivity index (χ1) is 15.5. The van der Waals surface area contributed by atoms with Crippen LogP contribution in [-0.2, 0) is 0 Å². The van der Waals surface area contributed by atoms with Gasteiger partial charge in [0.15, 0.2) is 11.5 Å². The highest BCUT2D eigenvalue weighted by atomic mass is 16.5. The average Bonchev–Trinajstić information content (AvgIpc) is 3.05. The molecule has 0 aromatic heterocycles. The van der Waals surface area contributed by atoms with E-state index in [1.807, 2.05) is 36.4 Å². The molecule has 0 unspecified atom stereocenters. The van der Waals surface area contributed by atoms with Gasteiger partial charge in [-0.15, -0.1) is 0 Å². The number of piperidine rings is 1. The molecule has 3 aliphatic rings. The van der Waals surface area contributed by atoms with E-state index in [0.29, 0.717) is 31.9 Å². The van der Waals surface area contributed by atoms with Crippen LogP contribution in [0.15, 0.2) is 36.4 Å². The van der Waals surface area contributed by atoms with E-state index >= 15 is 0 Å². The summed E-state index contributed by atoms with van der Waals surface area (Å²) < 4.78 is 23.1. The van der Waals surface area contributed by atoms with Crippen molar-refractivity contribution in [3.63, 3.8) is 0 Å². The van der Waals surface area contributed by atoms with Gasteiger partial charge in [-0.1, -0.05) is 6.07 Å². The highest BCUT2D eigenvalue weighted by Crippen LogP contribution is 2.45. The summed E-state index contributed by atoms with van der Waals surface area (Å²) in [6, 6.07) is 11.3. The fraction of sp³-hybridized carbons (Fsp3) is 0.520. The van der Waals surface area contributed by atoms with Crippen LogP contribution in [-0.4, -0.2) is 60.7 Å². The summed E-state index contributed by atoms with van der Waals surface area (Å²) in [4.78, 5) is 2.26. The van der Waals surface area contributed by atoms with Crippen LogP contribution in [0, 0.1) is 0 Å². The SMILES string of the molecule is COc1ccc2c(c1)[C@H](O)CC1(CCN(C[C@H](O)c3ccc4c(c3)OCCCO4)CC1)O2. The molecule has 1 fully saturated rings. The largest absolute Gasteiger partial charge is 0.497 e. The molecule has 0 aliphatic carbocycles. The summed E-state index contributed by atoms with van der Waals surface area (Å²) in [5, 5.41) is 21.6. The molecular formula is C25H31NO6. The summed E-state index contributed by atoms with van der Waals surface area (Å²) in [7, 11) is 1.62. The van der Waals surface area contributed by atoms with Crippen molar-refractivity contribution in [2.75, 3.05) is 40.0 Å². The van der Waals surface area contributed by atoms with Crippen molar-refractivity contribution >= 4 is 0 Å². The Bertz CT molecular complexity index is 955. The molecule has 7 nitrogen and oxygen atoms in total. The molecule has 7 heteroatoms. The predicted octanol–water partition coefficient (Wildman–Crippen LogP) is 3.24. The summed E-state index contributed by atoms with van der Waals surface area (Å²) in [5.74, 6) is 2.91. The topological polar surface area (TPSA) is 80.6 Å². The second-order valence-corrected chi connectivity index (χ2v) is 8.98. The van der Waals surface area contributed by atoms with Crippen LogP contribution in [0.5, 0.6) is 23.0 Å². The summed E-state index contributed by atoms with van der Waals surface area (Å²) in [6.07, 6.45) is 1.88. The van der Waals surface area contributed by atoms with Crippen molar-refractivity contribution in [3.05, 3.63) is 47.5 Å². The Morgan fingerprint density at radius 2 is 1.81 bits per heavy atom. The first-order valence-electron chi connectivity index (χ1n) is 11.4. The number of fused-ring (bicyclic) bond motifs is 2. The van der Waals surface area contributed by atoms with Crippen molar-refractivity contribution in [1.82, 2.24) is 4.90 Å². The maximum absolute atomic E-state index is 10.8. The van der Waals surface area contributed by atoms with Gasteiger partial charge in [0.1, 0.15) is 17.1 Å². The molecule has 5 rings (SSSR count). The minimum absolute atomic E-state index is 0.363. The number of rotatable bonds is 4. The van der Waals surface area contributed by atoms with E-state index in [-0.39, 0.29) is 5.60 Å². The van der Waals surface area contributed by atoms with Crippen molar-refractivity contribution in [2.45, 2.75) is 43.5 Å². The Hall–Kier alpha value is -2.48. The lowest BCUT2D eigenvalue weighted by Gasteiger charge is -2.46. The van der Waals surface area contributed by atoms with Crippen LogP contribution in [0.3, 0.4) is 0 Å². The lowest BCUT2D eigenvalue weighted by Crippen LogP contribution is -2.51. The molecule has 2 N–H and O–H groups in total. The maximum atomic E-state index is 10.8. The number of aliphatic hydroxyl groups excluding tert-OH is 2. The molecule has 1 spiro atoms. The molecule has 0 radical (unpaired) electrons. The zero-order valence-electron chi connectivity index (χ0n) is 18.5.